The van der Waals surface area contributed by atoms with E-state index in [2.05, 4.69) is 31.9 Å². The highest BCUT2D eigenvalue weighted by Crippen LogP contribution is 2.50. The Bertz CT molecular complexity index is 711. The van der Waals surface area contributed by atoms with Crippen molar-refractivity contribution in [3.05, 3.63) is 7.57 Å². The van der Waals surface area contributed by atoms with Crippen molar-refractivity contribution in [2.45, 2.75) is 45.5 Å². The van der Waals surface area contributed by atoms with E-state index in [0.717, 1.165) is 7.57 Å². The van der Waals surface area contributed by atoms with E-state index < -0.39 is 15.4 Å². The molecule has 1 aromatic heterocycles. The summed E-state index contributed by atoms with van der Waals surface area (Å²) in [6, 6.07) is 0. The molecule has 0 amide bonds. The van der Waals surface area contributed by atoms with Gasteiger partial charge in [0.1, 0.15) is 14.2 Å². The van der Waals surface area contributed by atoms with Crippen LogP contribution in [0.4, 0.5) is 0 Å². The van der Waals surface area contributed by atoms with Crippen LogP contribution in [0.1, 0.15) is 34.1 Å². The molecular formula is C16H24Br2O6S2. The minimum Gasteiger partial charge on any atom is -0.484 e. The van der Waals surface area contributed by atoms with Gasteiger partial charge in [0, 0.05) is 6.61 Å². The minimum absolute atomic E-state index is 0.168. The maximum absolute atomic E-state index is 12.1. The lowest BCUT2D eigenvalue weighted by molar-refractivity contribution is 0.00802. The predicted octanol–water partition coefficient (Wildman–Crippen LogP) is 4.60. The molecule has 26 heavy (non-hydrogen) atoms. The van der Waals surface area contributed by atoms with Crippen molar-refractivity contribution >= 4 is 53.3 Å². The van der Waals surface area contributed by atoms with E-state index in [1.807, 2.05) is 20.8 Å². The van der Waals surface area contributed by atoms with Crippen LogP contribution >= 0.6 is 43.2 Å². The zero-order chi connectivity index (χ0) is 19.5. The lowest BCUT2D eigenvalue weighted by Gasteiger charge is -2.25. The molecule has 0 aromatic carbocycles. The van der Waals surface area contributed by atoms with Gasteiger partial charge in [0.15, 0.2) is 17.6 Å². The number of hydrogen-bond donors (Lipinski definition) is 0. The first-order chi connectivity index (χ1) is 12.0. The number of thiophene rings is 1. The average Bonchev–Trinajstić information content (AvgIpc) is 2.83. The normalized spacial score (nSPS) is 18.8. The number of hydrogen-bond acceptors (Lipinski definition) is 7. The zero-order valence-electron chi connectivity index (χ0n) is 15.2. The molecule has 0 aliphatic carbocycles. The van der Waals surface area contributed by atoms with Crippen LogP contribution in [-0.2, 0) is 19.0 Å². The van der Waals surface area contributed by atoms with Crippen LogP contribution in [0.2, 0.25) is 0 Å². The van der Waals surface area contributed by atoms with Crippen LogP contribution in [0.3, 0.4) is 0 Å². The van der Waals surface area contributed by atoms with Gasteiger partial charge in [-0.3, -0.25) is 4.18 Å². The van der Waals surface area contributed by atoms with Gasteiger partial charge in [-0.15, -0.1) is 11.3 Å². The molecule has 6 nitrogen and oxygen atoms in total. The van der Waals surface area contributed by atoms with Gasteiger partial charge in [0.05, 0.1) is 18.5 Å². The van der Waals surface area contributed by atoms with Gasteiger partial charge in [-0.25, -0.2) is 0 Å². The maximum atomic E-state index is 12.1. The number of rotatable bonds is 8. The summed E-state index contributed by atoms with van der Waals surface area (Å²) in [6.07, 6.45) is 0.128. The van der Waals surface area contributed by atoms with Crippen LogP contribution < -0.4 is 9.47 Å². The van der Waals surface area contributed by atoms with Crippen LogP contribution in [0.25, 0.3) is 0 Å². The lowest BCUT2D eigenvalue weighted by atomic mass is 9.99. The molecule has 0 radical (unpaired) electrons. The Kier molecular flexibility index (Phi) is 7.83. The van der Waals surface area contributed by atoms with Crippen LogP contribution in [-0.4, -0.2) is 46.2 Å². The van der Waals surface area contributed by atoms with Gasteiger partial charge < -0.3 is 14.2 Å². The number of halogens is 2. The second kappa shape index (κ2) is 9.09. The first-order valence-electron chi connectivity index (χ1n) is 8.23. The molecular weight excluding hydrogens is 512 g/mol. The zero-order valence-corrected chi connectivity index (χ0v) is 20.0. The Hall–Kier alpha value is 0.130. The van der Waals surface area contributed by atoms with Gasteiger partial charge in [-0.2, -0.15) is 8.42 Å². The quantitative estimate of drug-likeness (QED) is 0.358. The Morgan fingerprint density at radius 1 is 1.27 bits per heavy atom. The van der Waals surface area contributed by atoms with Crippen molar-refractivity contribution in [1.29, 1.82) is 0 Å². The molecule has 0 bridgehead atoms. The van der Waals surface area contributed by atoms with Gasteiger partial charge >= 0.3 is 0 Å². The largest absolute Gasteiger partial charge is 0.484 e. The monoisotopic (exact) mass is 534 g/mol. The molecule has 0 saturated heterocycles. The molecule has 2 rings (SSSR count). The molecule has 0 fully saturated rings. The minimum atomic E-state index is -3.59. The SMILES string of the molecule is CC(CCOCC1COc2c(Br)sc(Br)c2O1)S(=O)(=O)OCC(C)(C)C. The second-order valence-corrected chi connectivity index (χ2v) is 13.0. The third-order valence-electron chi connectivity index (χ3n) is 3.56. The van der Waals surface area contributed by atoms with Gasteiger partial charge in [-0.05, 0) is 50.6 Å². The molecule has 2 unspecified atom stereocenters. The molecule has 2 atom stereocenters. The third-order valence-corrected chi connectivity index (χ3v) is 7.65. The summed E-state index contributed by atoms with van der Waals surface area (Å²) in [5.41, 5.74) is -0.203. The molecule has 0 saturated carbocycles. The van der Waals surface area contributed by atoms with E-state index in [1.54, 1.807) is 6.92 Å². The molecule has 1 aliphatic heterocycles. The highest BCUT2D eigenvalue weighted by molar-refractivity contribution is 9.12. The van der Waals surface area contributed by atoms with Crippen molar-refractivity contribution in [2.24, 2.45) is 5.41 Å². The van der Waals surface area contributed by atoms with E-state index in [9.17, 15) is 8.42 Å². The van der Waals surface area contributed by atoms with E-state index >= 15 is 0 Å². The van der Waals surface area contributed by atoms with E-state index in [0.29, 0.717) is 37.7 Å². The fraction of sp³-hybridized carbons (Fsp3) is 0.750. The number of ether oxygens (including phenoxy) is 3. The summed E-state index contributed by atoms with van der Waals surface area (Å²) >= 11 is 8.36. The van der Waals surface area contributed by atoms with E-state index in [4.69, 9.17) is 18.4 Å². The summed E-state index contributed by atoms with van der Waals surface area (Å²) in [4.78, 5) is 0. The standard InChI is InChI=1S/C16H24Br2O6S2/c1-10(26(19,20)23-9-16(2,3)4)5-6-21-7-11-8-22-12-13(24-11)15(18)25-14(12)17/h10-11H,5-9H2,1-4H3. The average molecular weight is 536 g/mol. The molecule has 0 N–H and O–H groups in total. The predicted molar refractivity (Wildman–Crippen MR) is 109 cm³/mol. The Morgan fingerprint density at radius 3 is 2.58 bits per heavy atom. The van der Waals surface area contributed by atoms with Crippen LogP contribution in [0, 0.1) is 5.41 Å². The summed E-state index contributed by atoms with van der Waals surface area (Å²) < 4.78 is 48.3. The van der Waals surface area contributed by atoms with Crippen molar-refractivity contribution in [2.75, 3.05) is 26.4 Å². The van der Waals surface area contributed by atoms with Crippen molar-refractivity contribution in [3.8, 4) is 11.5 Å². The molecule has 0 spiro atoms. The summed E-state index contributed by atoms with van der Waals surface area (Å²) in [7, 11) is -3.59. The molecule has 150 valence electrons. The van der Waals surface area contributed by atoms with E-state index in [-0.39, 0.29) is 18.1 Å². The van der Waals surface area contributed by atoms with Gasteiger partial charge in [-0.1, -0.05) is 20.8 Å². The first-order valence-corrected chi connectivity index (χ1v) is 12.1. The Balaban J connectivity index is 1.73. The lowest BCUT2D eigenvalue weighted by Crippen LogP contribution is -2.33. The number of fused-ring (bicyclic) bond motifs is 1. The van der Waals surface area contributed by atoms with E-state index in [1.165, 1.54) is 11.3 Å². The summed E-state index contributed by atoms with van der Waals surface area (Å²) in [6.45, 7) is 8.61. The van der Waals surface area contributed by atoms with Crippen molar-refractivity contribution in [1.82, 2.24) is 0 Å². The Morgan fingerprint density at radius 2 is 1.92 bits per heavy atom. The topological polar surface area (TPSA) is 71.1 Å². The van der Waals surface area contributed by atoms with Gasteiger partial charge in [0.2, 0.25) is 0 Å². The Labute approximate surface area is 175 Å². The fourth-order valence-corrected chi connectivity index (χ4v) is 5.98. The first kappa shape index (κ1) is 22.4. The third kappa shape index (κ3) is 6.34. The smallest absolute Gasteiger partial charge is 0.270 e. The second-order valence-electron chi connectivity index (χ2n) is 7.35. The fourth-order valence-electron chi connectivity index (χ4n) is 2.01. The maximum Gasteiger partial charge on any atom is 0.270 e. The highest BCUT2D eigenvalue weighted by atomic mass is 79.9. The molecule has 2 heterocycles. The van der Waals surface area contributed by atoms with Gasteiger partial charge in [0.25, 0.3) is 10.1 Å². The summed E-state index contributed by atoms with van der Waals surface area (Å²) in [5, 5.41) is -0.623. The van der Waals surface area contributed by atoms with Crippen LogP contribution in [0.5, 0.6) is 11.5 Å². The van der Waals surface area contributed by atoms with Crippen LogP contribution in [0.15, 0.2) is 7.57 Å². The summed E-state index contributed by atoms with van der Waals surface area (Å²) in [5.74, 6) is 1.38. The molecule has 10 heteroatoms. The van der Waals surface area contributed by atoms with Crippen molar-refractivity contribution < 1.29 is 26.8 Å². The molecule has 1 aliphatic rings. The van der Waals surface area contributed by atoms with Crippen molar-refractivity contribution in [3.63, 3.8) is 0 Å². The highest BCUT2D eigenvalue weighted by Gasteiger charge is 2.28. The molecule has 1 aromatic rings.